The van der Waals surface area contributed by atoms with Gasteiger partial charge in [-0.25, -0.2) is 0 Å². The molecule has 21 heavy (non-hydrogen) atoms. The van der Waals surface area contributed by atoms with Gasteiger partial charge in [-0.15, -0.1) is 0 Å². The van der Waals surface area contributed by atoms with Crippen molar-refractivity contribution in [2.75, 3.05) is 19.0 Å². The first kappa shape index (κ1) is 15.3. The summed E-state index contributed by atoms with van der Waals surface area (Å²) in [4.78, 5) is 16.0. The number of halogens is 1. The lowest BCUT2D eigenvalue weighted by Gasteiger charge is -2.08. The third-order valence-corrected chi connectivity index (χ3v) is 2.87. The second kappa shape index (κ2) is 7.61. The summed E-state index contributed by atoms with van der Waals surface area (Å²) in [6.45, 7) is 0.606. The number of ether oxygens (including phenoxy) is 1. The molecule has 0 radical (unpaired) electrons. The minimum absolute atomic E-state index is 0.0838. The van der Waals surface area contributed by atoms with Crippen LogP contribution in [-0.2, 0) is 11.3 Å². The van der Waals surface area contributed by atoms with Crippen LogP contribution in [0.4, 0.5) is 5.69 Å². The zero-order chi connectivity index (χ0) is 15.1. The highest BCUT2D eigenvalue weighted by Crippen LogP contribution is 2.15. The number of amides is 1. The Morgan fingerprint density at radius 1 is 1.33 bits per heavy atom. The largest absolute Gasteiger partial charge is 0.482 e. The molecule has 2 N–H and O–H groups in total. The number of anilines is 1. The highest BCUT2D eigenvalue weighted by atomic mass is 35.5. The van der Waals surface area contributed by atoms with E-state index < -0.39 is 0 Å². The van der Waals surface area contributed by atoms with Crippen LogP contribution in [-0.4, -0.2) is 24.5 Å². The van der Waals surface area contributed by atoms with Crippen molar-refractivity contribution in [2.24, 2.45) is 0 Å². The summed E-state index contributed by atoms with van der Waals surface area (Å²) in [6.07, 6.45) is 1.60. The van der Waals surface area contributed by atoms with Crippen LogP contribution in [0.15, 0.2) is 42.6 Å². The van der Waals surface area contributed by atoms with E-state index >= 15 is 0 Å². The Morgan fingerprint density at radius 3 is 2.86 bits per heavy atom. The van der Waals surface area contributed by atoms with Crippen LogP contribution in [0.5, 0.6) is 5.75 Å². The minimum atomic E-state index is -0.253. The first-order chi connectivity index (χ1) is 10.2. The molecule has 0 aliphatic carbocycles. The van der Waals surface area contributed by atoms with E-state index in [1.165, 1.54) is 0 Å². The predicted molar refractivity (Wildman–Crippen MR) is 82.6 cm³/mol. The maximum absolute atomic E-state index is 11.8. The maximum Gasteiger partial charge on any atom is 0.262 e. The van der Waals surface area contributed by atoms with Crippen LogP contribution in [0.1, 0.15) is 5.69 Å². The number of carbonyl (C=O) groups is 1. The van der Waals surface area contributed by atoms with Crippen LogP contribution in [0, 0.1) is 0 Å². The number of nitrogens with zero attached hydrogens (tertiary/aromatic N) is 1. The molecule has 0 spiro atoms. The molecule has 1 amide bonds. The summed E-state index contributed by atoms with van der Waals surface area (Å²) in [6, 6.07) is 10.6. The molecule has 0 bridgehead atoms. The highest BCUT2D eigenvalue weighted by molar-refractivity contribution is 6.30. The molecular weight excluding hydrogens is 290 g/mol. The van der Waals surface area contributed by atoms with Gasteiger partial charge in [0.15, 0.2) is 6.61 Å². The third kappa shape index (κ3) is 5.06. The monoisotopic (exact) mass is 305 g/mol. The number of benzene rings is 1. The Hall–Kier alpha value is -2.11. The Balaban J connectivity index is 1.83. The molecule has 0 aliphatic rings. The lowest BCUT2D eigenvalue weighted by Crippen LogP contribution is -2.20. The molecule has 0 saturated heterocycles. The van der Waals surface area contributed by atoms with Crippen molar-refractivity contribution in [3.8, 4) is 5.75 Å². The van der Waals surface area contributed by atoms with Crippen molar-refractivity contribution >= 4 is 23.2 Å². The Bertz CT molecular complexity index is 602. The van der Waals surface area contributed by atoms with Gasteiger partial charge in [-0.1, -0.05) is 17.7 Å². The van der Waals surface area contributed by atoms with Crippen LogP contribution in [0.2, 0.25) is 5.02 Å². The fraction of sp³-hybridized carbons (Fsp3) is 0.200. The van der Waals surface area contributed by atoms with Crippen molar-refractivity contribution in [2.45, 2.75) is 6.54 Å². The van der Waals surface area contributed by atoms with E-state index in [1.807, 2.05) is 13.1 Å². The van der Waals surface area contributed by atoms with Gasteiger partial charge in [-0.05, 0) is 37.4 Å². The van der Waals surface area contributed by atoms with E-state index in [4.69, 9.17) is 16.3 Å². The predicted octanol–water partition coefficient (Wildman–Crippen LogP) is 2.47. The van der Waals surface area contributed by atoms with Gasteiger partial charge < -0.3 is 15.4 Å². The van der Waals surface area contributed by atoms with Crippen LogP contribution < -0.4 is 15.4 Å². The molecule has 0 fully saturated rings. The molecule has 0 saturated carbocycles. The Morgan fingerprint density at radius 2 is 2.19 bits per heavy atom. The van der Waals surface area contributed by atoms with E-state index in [0.717, 1.165) is 5.69 Å². The average molecular weight is 306 g/mol. The number of pyridine rings is 1. The molecule has 1 heterocycles. The molecule has 1 aromatic heterocycles. The molecule has 1 aromatic carbocycles. The topological polar surface area (TPSA) is 63.2 Å². The van der Waals surface area contributed by atoms with Gasteiger partial charge in [0.1, 0.15) is 5.75 Å². The van der Waals surface area contributed by atoms with Gasteiger partial charge in [0.05, 0.1) is 11.9 Å². The van der Waals surface area contributed by atoms with Gasteiger partial charge in [-0.3, -0.25) is 9.78 Å². The fourth-order valence-electron chi connectivity index (χ4n) is 1.69. The van der Waals surface area contributed by atoms with Gasteiger partial charge >= 0.3 is 0 Å². The van der Waals surface area contributed by atoms with Crippen molar-refractivity contribution in [1.29, 1.82) is 0 Å². The van der Waals surface area contributed by atoms with E-state index in [9.17, 15) is 4.79 Å². The van der Waals surface area contributed by atoms with Gasteiger partial charge in [0.2, 0.25) is 0 Å². The van der Waals surface area contributed by atoms with Crippen LogP contribution in [0.3, 0.4) is 0 Å². The summed E-state index contributed by atoms with van der Waals surface area (Å²) in [5, 5.41) is 6.28. The van der Waals surface area contributed by atoms with Crippen molar-refractivity contribution in [3.63, 3.8) is 0 Å². The first-order valence-corrected chi connectivity index (χ1v) is 6.83. The zero-order valence-electron chi connectivity index (χ0n) is 11.6. The maximum atomic E-state index is 11.8. The second-order valence-corrected chi connectivity index (χ2v) is 4.80. The molecule has 5 nitrogen and oxygen atoms in total. The normalized spacial score (nSPS) is 10.2. The molecule has 0 aliphatic heterocycles. The summed E-state index contributed by atoms with van der Waals surface area (Å²) in [5.74, 6) is 0.299. The Kier molecular flexibility index (Phi) is 5.54. The quantitative estimate of drug-likeness (QED) is 0.860. The number of hydrogen-bond donors (Lipinski definition) is 2. The highest BCUT2D eigenvalue weighted by Gasteiger charge is 2.04. The van der Waals surface area contributed by atoms with Gasteiger partial charge in [0, 0.05) is 17.3 Å². The zero-order valence-corrected chi connectivity index (χ0v) is 12.4. The standard InChI is InChI=1S/C15H16ClN3O2/c1-17-8-13-5-6-14(9-18-13)21-10-15(20)19-12-4-2-3-11(16)7-12/h2-7,9,17H,8,10H2,1H3,(H,19,20). The molecular formula is C15H16ClN3O2. The molecule has 0 unspecified atom stereocenters. The minimum Gasteiger partial charge on any atom is -0.482 e. The van der Waals surface area contributed by atoms with E-state index in [1.54, 1.807) is 36.5 Å². The fourth-order valence-corrected chi connectivity index (χ4v) is 1.88. The SMILES string of the molecule is CNCc1ccc(OCC(=O)Nc2cccc(Cl)c2)cn1. The smallest absolute Gasteiger partial charge is 0.262 e. The van der Waals surface area contributed by atoms with Gasteiger partial charge in [0.25, 0.3) is 5.91 Å². The van der Waals surface area contributed by atoms with E-state index in [0.29, 0.717) is 23.0 Å². The number of carbonyl (C=O) groups excluding carboxylic acids is 1. The summed E-state index contributed by atoms with van der Waals surface area (Å²) >= 11 is 5.85. The first-order valence-electron chi connectivity index (χ1n) is 6.45. The van der Waals surface area contributed by atoms with Crippen molar-refractivity contribution in [1.82, 2.24) is 10.3 Å². The second-order valence-electron chi connectivity index (χ2n) is 4.36. The average Bonchev–Trinajstić information content (AvgIpc) is 2.47. The molecule has 2 rings (SSSR count). The van der Waals surface area contributed by atoms with E-state index in [-0.39, 0.29) is 12.5 Å². The lowest BCUT2D eigenvalue weighted by molar-refractivity contribution is -0.118. The summed E-state index contributed by atoms with van der Waals surface area (Å²) in [7, 11) is 1.85. The van der Waals surface area contributed by atoms with Gasteiger partial charge in [-0.2, -0.15) is 0 Å². The molecule has 0 atom stereocenters. The molecule has 2 aromatic rings. The Labute approximate surface area is 128 Å². The number of aromatic nitrogens is 1. The lowest BCUT2D eigenvalue weighted by atomic mass is 10.3. The van der Waals surface area contributed by atoms with E-state index in [2.05, 4.69) is 15.6 Å². The third-order valence-electron chi connectivity index (χ3n) is 2.63. The number of nitrogens with one attached hydrogen (secondary N) is 2. The van der Waals surface area contributed by atoms with Crippen molar-refractivity contribution < 1.29 is 9.53 Å². The van der Waals surface area contributed by atoms with Crippen molar-refractivity contribution in [3.05, 3.63) is 53.3 Å². The summed E-state index contributed by atoms with van der Waals surface area (Å²) < 4.78 is 5.38. The van der Waals surface area contributed by atoms with Crippen LogP contribution in [0.25, 0.3) is 0 Å². The molecule has 110 valence electrons. The number of rotatable bonds is 6. The molecule has 6 heteroatoms. The summed E-state index contributed by atoms with van der Waals surface area (Å²) in [5.41, 5.74) is 1.55. The number of hydrogen-bond acceptors (Lipinski definition) is 4. The van der Waals surface area contributed by atoms with Crippen LogP contribution >= 0.6 is 11.6 Å².